The number of aromatic nitrogens is 6. The van der Waals surface area contributed by atoms with Crippen molar-refractivity contribution in [3.8, 4) is 67.8 Å². The number of benzene rings is 4. The van der Waals surface area contributed by atoms with Gasteiger partial charge in [0, 0.05) is 47.0 Å². The molecule has 10 aromatic rings. The van der Waals surface area contributed by atoms with Gasteiger partial charge in [-0.25, -0.2) is 9.97 Å². The molecule has 0 N–H and O–H groups in total. The average molecular weight is 691 g/mol. The predicted molar refractivity (Wildman–Crippen MR) is 218 cm³/mol. The molecule has 0 aliphatic rings. The van der Waals surface area contributed by atoms with Crippen LogP contribution in [-0.2, 0) is 0 Å². The lowest BCUT2D eigenvalue weighted by molar-refractivity contribution is 1.24. The zero-order chi connectivity index (χ0) is 35.8. The zero-order valence-electron chi connectivity index (χ0n) is 29.0. The van der Waals surface area contributed by atoms with E-state index in [9.17, 15) is 0 Å². The fourth-order valence-electron chi connectivity index (χ4n) is 7.21. The van der Waals surface area contributed by atoms with Crippen molar-refractivity contribution in [2.75, 3.05) is 0 Å². The van der Waals surface area contributed by atoms with E-state index in [2.05, 4.69) is 82.8 Å². The van der Waals surface area contributed by atoms with Gasteiger partial charge >= 0.3 is 0 Å². The highest BCUT2D eigenvalue weighted by atomic mass is 14.8. The molecule has 54 heavy (non-hydrogen) atoms. The molecule has 0 spiro atoms. The SMILES string of the molecule is c1ccc(-c2ccc(-c3cccc(-c4ccc5c6ccccc6c6ccc(-c7cccc(-c8ccc(-c9ccccn9)cn8)n7)cc6c5c4)n3)nc2)nc1. The van der Waals surface area contributed by atoms with Gasteiger partial charge in [0.2, 0.25) is 0 Å². The van der Waals surface area contributed by atoms with Crippen LogP contribution in [0.5, 0.6) is 0 Å². The highest BCUT2D eigenvalue weighted by molar-refractivity contribution is 6.26. The van der Waals surface area contributed by atoms with Crippen molar-refractivity contribution in [3.63, 3.8) is 0 Å². The number of hydrogen-bond acceptors (Lipinski definition) is 6. The molecule has 252 valence electrons. The molecule has 10 rings (SSSR count). The van der Waals surface area contributed by atoms with Crippen LogP contribution >= 0.6 is 0 Å². The molecule has 6 aromatic heterocycles. The van der Waals surface area contributed by atoms with E-state index >= 15 is 0 Å². The van der Waals surface area contributed by atoms with Crippen molar-refractivity contribution in [2.45, 2.75) is 0 Å². The van der Waals surface area contributed by atoms with E-state index in [0.717, 1.165) is 78.6 Å². The van der Waals surface area contributed by atoms with Crippen LogP contribution < -0.4 is 0 Å². The molecule has 6 nitrogen and oxygen atoms in total. The first kappa shape index (κ1) is 31.3. The van der Waals surface area contributed by atoms with Crippen LogP contribution in [0.4, 0.5) is 0 Å². The van der Waals surface area contributed by atoms with Gasteiger partial charge in [-0.3, -0.25) is 19.9 Å². The molecule has 0 unspecified atom stereocenters. The Morgan fingerprint density at radius 3 is 1.07 bits per heavy atom. The molecule has 6 heterocycles. The van der Waals surface area contributed by atoms with E-state index in [4.69, 9.17) is 19.9 Å². The summed E-state index contributed by atoms with van der Waals surface area (Å²) in [6, 6.07) is 54.1. The topological polar surface area (TPSA) is 77.3 Å². The number of fused-ring (bicyclic) bond motifs is 6. The Hall–Kier alpha value is -7.44. The van der Waals surface area contributed by atoms with Crippen LogP contribution in [0, 0.1) is 0 Å². The Bertz CT molecular complexity index is 2760. The van der Waals surface area contributed by atoms with Crippen molar-refractivity contribution in [1.29, 1.82) is 0 Å². The summed E-state index contributed by atoms with van der Waals surface area (Å²) in [4.78, 5) is 28.6. The molecular formula is C48H30N6. The maximum Gasteiger partial charge on any atom is 0.0893 e. The molecule has 0 aliphatic heterocycles. The Balaban J connectivity index is 1.05. The van der Waals surface area contributed by atoms with Crippen molar-refractivity contribution in [2.24, 2.45) is 0 Å². The maximum atomic E-state index is 5.09. The molecule has 0 amide bonds. The largest absolute Gasteiger partial charge is 0.256 e. The lowest BCUT2D eigenvalue weighted by Crippen LogP contribution is -1.92. The van der Waals surface area contributed by atoms with Crippen molar-refractivity contribution in [1.82, 2.24) is 29.9 Å². The van der Waals surface area contributed by atoms with Gasteiger partial charge in [0.05, 0.1) is 45.6 Å². The van der Waals surface area contributed by atoms with Gasteiger partial charge in [-0.05, 0) is 117 Å². The minimum absolute atomic E-state index is 0.812. The summed E-state index contributed by atoms with van der Waals surface area (Å²) in [5.41, 5.74) is 10.8. The third-order valence-corrected chi connectivity index (χ3v) is 9.90. The second-order valence-electron chi connectivity index (χ2n) is 13.2. The van der Waals surface area contributed by atoms with Gasteiger partial charge in [-0.1, -0.05) is 72.8 Å². The molecule has 0 aliphatic carbocycles. The minimum atomic E-state index is 0.812. The lowest BCUT2D eigenvalue weighted by atomic mass is 9.91. The Morgan fingerprint density at radius 2 is 0.648 bits per heavy atom. The molecule has 0 fully saturated rings. The van der Waals surface area contributed by atoms with Crippen LogP contribution in [0.1, 0.15) is 0 Å². The summed E-state index contributed by atoms with van der Waals surface area (Å²) in [5, 5.41) is 7.16. The molecular weight excluding hydrogens is 661 g/mol. The van der Waals surface area contributed by atoms with Crippen molar-refractivity contribution < 1.29 is 0 Å². The van der Waals surface area contributed by atoms with E-state index in [1.165, 1.54) is 21.5 Å². The molecule has 4 aromatic carbocycles. The van der Waals surface area contributed by atoms with Crippen LogP contribution in [0.2, 0.25) is 0 Å². The highest BCUT2D eigenvalue weighted by Crippen LogP contribution is 2.39. The van der Waals surface area contributed by atoms with Gasteiger partial charge in [-0.2, -0.15) is 0 Å². The number of rotatable bonds is 6. The summed E-state index contributed by atoms with van der Waals surface area (Å²) >= 11 is 0. The smallest absolute Gasteiger partial charge is 0.0893 e. The van der Waals surface area contributed by atoms with Gasteiger partial charge in [0.1, 0.15) is 0 Å². The first-order valence-electron chi connectivity index (χ1n) is 17.8. The zero-order valence-corrected chi connectivity index (χ0v) is 29.0. The summed E-state index contributed by atoms with van der Waals surface area (Å²) in [6.07, 6.45) is 7.30. The Morgan fingerprint density at radius 1 is 0.241 bits per heavy atom. The summed E-state index contributed by atoms with van der Waals surface area (Å²) < 4.78 is 0. The van der Waals surface area contributed by atoms with E-state index < -0.39 is 0 Å². The summed E-state index contributed by atoms with van der Waals surface area (Å²) in [7, 11) is 0. The Kier molecular flexibility index (Phi) is 7.69. The van der Waals surface area contributed by atoms with E-state index in [1.54, 1.807) is 12.4 Å². The van der Waals surface area contributed by atoms with E-state index in [1.807, 2.05) is 97.3 Å². The highest BCUT2D eigenvalue weighted by Gasteiger charge is 2.14. The standard InChI is InChI=1S/C48H30N6/c1-2-10-36-35(9-1)37-21-17-31(43-13-7-15-47(53-43)45-23-19-33(29-51-45)41-11-3-5-25-49-41)27-39(37)40-28-32(18-22-38(36)40)44-14-8-16-48(54-44)46-24-20-34(30-52-46)42-12-4-6-26-50-42/h1-30H. The van der Waals surface area contributed by atoms with Gasteiger partial charge < -0.3 is 0 Å². The second kappa shape index (κ2) is 13.3. The number of pyridine rings is 6. The second-order valence-corrected chi connectivity index (χ2v) is 13.2. The normalized spacial score (nSPS) is 11.3. The number of nitrogens with zero attached hydrogens (tertiary/aromatic N) is 6. The molecule has 0 radical (unpaired) electrons. The van der Waals surface area contributed by atoms with E-state index in [0.29, 0.717) is 0 Å². The first-order chi connectivity index (χ1) is 26.7. The van der Waals surface area contributed by atoms with Gasteiger partial charge in [-0.15, -0.1) is 0 Å². The average Bonchev–Trinajstić information content (AvgIpc) is 3.27. The van der Waals surface area contributed by atoms with Crippen LogP contribution in [0.15, 0.2) is 183 Å². The minimum Gasteiger partial charge on any atom is -0.256 e. The molecule has 0 saturated heterocycles. The van der Waals surface area contributed by atoms with Crippen molar-refractivity contribution in [3.05, 3.63) is 183 Å². The molecule has 6 heteroatoms. The van der Waals surface area contributed by atoms with E-state index in [-0.39, 0.29) is 0 Å². The fourth-order valence-corrected chi connectivity index (χ4v) is 7.21. The summed E-state index contributed by atoms with van der Waals surface area (Å²) in [6.45, 7) is 0. The maximum absolute atomic E-state index is 5.09. The van der Waals surface area contributed by atoms with Gasteiger partial charge in [0.15, 0.2) is 0 Å². The number of hydrogen-bond donors (Lipinski definition) is 0. The third kappa shape index (κ3) is 5.72. The monoisotopic (exact) mass is 690 g/mol. The lowest BCUT2D eigenvalue weighted by Gasteiger charge is -2.14. The Labute approximate surface area is 311 Å². The summed E-state index contributed by atoms with van der Waals surface area (Å²) in [5.74, 6) is 0. The molecule has 0 bridgehead atoms. The van der Waals surface area contributed by atoms with Crippen LogP contribution in [0.25, 0.3) is 100 Å². The third-order valence-electron chi connectivity index (χ3n) is 9.90. The van der Waals surface area contributed by atoms with Gasteiger partial charge in [0.25, 0.3) is 0 Å². The van der Waals surface area contributed by atoms with Crippen molar-refractivity contribution >= 4 is 32.3 Å². The van der Waals surface area contributed by atoms with Crippen LogP contribution in [0.3, 0.4) is 0 Å². The molecule has 0 saturated carbocycles. The first-order valence-corrected chi connectivity index (χ1v) is 17.8. The molecule has 0 atom stereocenters. The predicted octanol–water partition coefficient (Wildman–Crippen LogP) is 11.5. The quantitative estimate of drug-likeness (QED) is 0.162. The fraction of sp³-hybridized carbons (Fsp3) is 0. The van der Waals surface area contributed by atoms with Crippen LogP contribution in [-0.4, -0.2) is 29.9 Å².